The van der Waals surface area contributed by atoms with Crippen molar-refractivity contribution in [2.75, 3.05) is 33.4 Å². The Morgan fingerprint density at radius 1 is 1.11 bits per heavy atom. The van der Waals surface area contributed by atoms with Crippen molar-refractivity contribution in [1.29, 1.82) is 0 Å². The fourth-order valence-electron chi connectivity index (χ4n) is 7.12. The summed E-state index contributed by atoms with van der Waals surface area (Å²) >= 11 is 0. The molecule has 0 radical (unpaired) electrons. The molecule has 1 aromatic carbocycles. The predicted octanol–water partition coefficient (Wildman–Crippen LogP) is 4.30. The number of ether oxygens (including phenoxy) is 2. The van der Waals surface area contributed by atoms with Crippen LogP contribution in [0, 0.1) is 12.3 Å². The van der Waals surface area contributed by atoms with Crippen molar-refractivity contribution in [1.82, 2.24) is 29.0 Å². The minimum absolute atomic E-state index is 0.00847. The highest BCUT2D eigenvalue weighted by Crippen LogP contribution is 2.43. The predicted molar refractivity (Wildman–Crippen MR) is 146 cm³/mol. The molecule has 5 heterocycles. The standard InChI is InChI=1S/C29H36N6O3/c1-17(2)21-10-25-24(9-22(21)23-11-34-27(30-16-31-34)26(37-4)18(23)3)32-28(36)35(25)20-7-5-19(6-8-20)33-12-29(13-33)14-38-15-29/h9-11,16-17,19-20H,5-8,12-15H2,1-4H3,(H,32,36). The van der Waals surface area contributed by atoms with Gasteiger partial charge in [0.2, 0.25) is 0 Å². The number of fused-ring (bicyclic) bond motifs is 2. The summed E-state index contributed by atoms with van der Waals surface area (Å²) in [6.07, 6.45) is 7.92. The van der Waals surface area contributed by atoms with Gasteiger partial charge in [0.15, 0.2) is 11.4 Å². The maximum absolute atomic E-state index is 13.3. The Balaban J connectivity index is 1.23. The van der Waals surface area contributed by atoms with Crippen molar-refractivity contribution in [3.63, 3.8) is 0 Å². The van der Waals surface area contributed by atoms with Gasteiger partial charge in [-0.15, -0.1) is 0 Å². The molecular weight excluding hydrogens is 480 g/mol. The highest BCUT2D eigenvalue weighted by molar-refractivity contribution is 5.87. The molecule has 3 fully saturated rings. The zero-order valence-electron chi connectivity index (χ0n) is 22.7. The minimum atomic E-state index is -0.00847. The first-order chi connectivity index (χ1) is 18.4. The number of methoxy groups -OCH3 is 1. The molecule has 4 aromatic rings. The summed E-state index contributed by atoms with van der Waals surface area (Å²) in [6.45, 7) is 10.7. The van der Waals surface area contributed by atoms with E-state index in [-0.39, 0.29) is 17.6 Å². The number of imidazole rings is 1. The van der Waals surface area contributed by atoms with Crippen molar-refractivity contribution in [2.24, 2.45) is 5.41 Å². The van der Waals surface area contributed by atoms with E-state index in [1.807, 2.05) is 10.8 Å². The van der Waals surface area contributed by atoms with E-state index in [4.69, 9.17) is 9.47 Å². The molecule has 7 rings (SSSR count). The van der Waals surface area contributed by atoms with Crippen LogP contribution in [0.5, 0.6) is 5.75 Å². The van der Waals surface area contributed by atoms with Gasteiger partial charge >= 0.3 is 5.69 Å². The number of H-pyrrole nitrogens is 1. The zero-order chi connectivity index (χ0) is 26.2. The Morgan fingerprint density at radius 3 is 2.50 bits per heavy atom. The van der Waals surface area contributed by atoms with Crippen LogP contribution in [0.15, 0.2) is 29.5 Å². The Morgan fingerprint density at radius 2 is 1.84 bits per heavy atom. The SMILES string of the molecule is COc1c(C)c(-c2cc3[nH]c(=O)n(C4CCC(N5CC6(COC6)C5)CC4)c3cc2C(C)C)cn2ncnc12. The molecule has 0 bridgehead atoms. The molecule has 200 valence electrons. The van der Waals surface area contributed by atoms with Gasteiger partial charge in [-0.25, -0.2) is 14.3 Å². The smallest absolute Gasteiger partial charge is 0.326 e. The minimum Gasteiger partial charge on any atom is -0.492 e. The highest BCUT2D eigenvalue weighted by atomic mass is 16.5. The number of aromatic nitrogens is 5. The van der Waals surface area contributed by atoms with Crippen LogP contribution in [0.2, 0.25) is 0 Å². The largest absolute Gasteiger partial charge is 0.492 e. The number of nitrogens with one attached hydrogen (secondary N) is 1. The number of nitrogens with zero attached hydrogens (tertiary/aromatic N) is 5. The lowest BCUT2D eigenvalue weighted by Gasteiger charge is -2.58. The van der Waals surface area contributed by atoms with E-state index in [0.717, 1.165) is 72.4 Å². The topological polar surface area (TPSA) is 89.7 Å². The van der Waals surface area contributed by atoms with Gasteiger partial charge in [0.25, 0.3) is 0 Å². The van der Waals surface area contributed by atoms with Gasteiger partial charge in [-0.1, -0.05) is 13.8 Å². The van der Waals surface area contributed by atoms with E-state index < -0.39 is 0 Å². The van der Waals surface area contributed by atoms with E-state index in [1.54, 1.807) is 18.0 Å². The normalized spacial score (nSPS) is 23.3. The fraction of sp³-hybridized carbons (Fsp3) is 0.552. The molecule has 2 saturated heterocycles. The number of aromatic amines is 1. The summed E-state index contributed by atoms with van der Waals surface area (Å²) in [5, 5.41) is 4.37. The van der Waals surface area contributed by atoms with E-state index in [2.05, 4.69) is 52.9 Å². The maximum Gasteiger partial charge on any atom is 0.326 e. The van der Waals surface area contributed by atoms with E-state index in [0.29, 0.717) is 17.1 Å². The van der Waals surface area contributed by atoms with Gasteiger partial charge in [0.05, 0.1) is 31.4 Å². The van der Waals surface area contributed by atoms with Crippen LogP contribution in [0.1, 0.15) is 62.6 Å². The van der Waals surface area contributed by atoms with Crippen LogP contribution < -0.4 is 10.4 Å². The summed E-state index contributed by atoms with van der Waals surface area (Å²) in [5.41, 5.74) is 7.36. The molecule has 2 aliphatic heterocycles. The first-order valence-corrected chi connectivity index (χ1v) is 13.8. The van der Waals surface area contributed by atoms with Crippen molar-refractivity contribution >= 4 is 16.7 Å². The second-order valence-corrected chi connectivity index (χ2v) is 12.0. The van der Waals surface area contributed by atoms with Crippen LogP contribution in [0.25, 0.3) is 27.8 Å². The number of rotatable bonds is 5. The van der Waals surface area contributed by atoms with Crippen molar-refractivity contribution < 1.29 is 9.47 Å². The number of hydrogen-bond acceptors (Lipinski definition) is 6. The molecule has 1 N–H and O–H groups in total. The molecule has 3 aliphatic rings. The molecule has 1 spiro atoms. The number of benzene rings is 1. The summed E-state index contributed by atoms with van der Waals surface area (Å²) < 4.78 is 15.0. The average molecular weight is 517 g/mol. The molecular formula is C29H36N6O3. The Hall–Kier alpha value is -3.17. The summed E-state index contributed by atoms with van der Waals surface area (Å²) in [4.78, 5) is 23.5. The second kappa shape index (κ2) is 8.68. The van der Waals surface area contributed by atoms with Crippen molar-refractivity contribution in [3.05, 3.63) is 46.3 Å². The van der Waals surface area contributed by atoms with Crippen LogP contribution in [-0.4, -0.2) is 68.5 Å². The number of likely N-dealkylation sites (tertiary alicyclic amines) is 1. The summed E-state index contributed by atoms with van der Waals surface area (Å²) in [6, 6.07) is 5.24. The fourth-order valence-corrected chi connectivity index (χ4v) is 7.12. The number of hydrogen-bond donors (Lipinski definition) is 1. The third kappa shape index (κ3) is 3.55. The Bertz CT molecular complexity index is 1580. The number of pyridine rings is 1. The first kappa shape index (κ1) is 23.9. The Labute approximate surface area is 221 Å². The van der Waals surface area contributed by atoms with Gasteiger partial charge in [0.1, 0.15) is 6.33 Å². The molecule has 1 saturated carbocycles. The van der Waals surface area contributed by atoms with E-state index in [9.17, 15) is 4.79 Å². The van der Waals surface area contributed by atoms with Gasteiger partial charge < -0.3 is 14.5 Å². The molecule has 1 aliphatic carbocycles. The van der Waals surface area contributed by atoms with Crippen LogP contribution >= 0.6 is 0 Å². The average Bonchev–Trinajstić information content (AvgIpc) is 3.44. The molecule has 0 unspecified atom stereocenters. The molecule has 0 atom stereocenters. The van der Waals surface area contributed by atoms with Gasteiger partial charge in [-0.2, -0.15) is 5.10 Å². The highest BCUT2D eigenvalue weighted by Gasteiger charge is 2.51. The third-order valence-electron chi connectivity index (χ3n) is 9.22. The van der Waals surface area contributed by atoms with Gasteiger partial charge in [-0.3, -0.25) is 9.47 Å². The lowest BCUT2D eigenvalue weighted by Crippen LogP contribution is -2.68. The van der Waals surface area contributed by atoms with Crippen molar-refractivity contribution in [3.8, 4) is 16.9 Å². The third-order valence-corrected chi connectivity index (χ3v) is 9.22. The first-order valence-electron chi connectivity index (χ1n) is 13.8. The lowest BCUT2D eigenvalue weighted by atomic mass is 9.75. The maximum atomic E-state index is 13.3. The summed E-state index contributed by atoms with van der Waals surface area (Å²) in [5.74, 6) is 0.991. The molecule has 38 heavy (non-hydrogen) atoms. The molecule has 3 aromatic heterocycles. The summed E-state index contributed by atoms with van der Waals surface area (Å²) in [7, 11) is 1.67. The van der Waals surface area contributed by atoms with Gasteiger partial charge in [-0.05, 0) is 61.8 Å². The monoisotopic (exact) mass is 516 g/mol. The van der Waals surface area contributed by atoms with Crippen LogP contribution in [-0.2, 0) is 4.74 Å². The van der Waals surface area contributed by atoms with Gasteiger partial charge in [0, 0.05) is 47.9 Å². The van der Waals surface area contributed by atoms with E-state index >= 15 is 0 Å². The van der Waals surface area contributed by atoms with E-state index in [1.165, 1.54) is 18.7 Å². The molecule has 9 nitrogen and oxygen atoms in total. The lowest BCUT2D eigenvalue weighted by molar-refractivity contribution is -0.200. The quantitative estimate of drug-likeness (QED) is 0.426. The zero-order valence-corrected chi connectivity index (χ0v) is 22.7. The molecule has 0 amide bonds. The second-order valence-electron chi connectivity index (χ2n) is 12.0. The molecule has 9 heteroatoms. The Kier molecular flexibility index (Phi) is 5.46. The van der Waals surface area contributed by atoms with Crippen LogP contribution in [0.3, 0.4) is 0 Å². The van der Waals surface area contributed by atoms with Crippen molar-refractivity contribution in [2.45, 2.75) is 64.5 Å². The van der Waals surface area contributed by atoms with Crippen LogP contribution in [0.4, 0.5) is 0 Å².